The van der Waals surface area contributed by atoms with Gasteiger partial charge in [-0.05, 0) is 12.8 Å². The van der Waals surface area contributed by atoms with Gasteiger partial charge in [0.2, 0.25) is 0 Å². The molecule has 2 heteroatoms. The highest BCUT2D eigenvalue weighted by Gasteiger charge is 2.00. The van der Waals surface area contributed by atoms with E-state index >= 15 is 0 Å². The number of nitrogens with one attached hydrogen (secondary N) is 1. The van der Waals surface area contributed by atoms with Gasteiger partial charge in [0.1, 0.15) is 0 Å². The lowest BCUT2D eigenvalue weighted by Gasteiger charge is -2.12. The van der Waals surface area contributed by atoms with Crippen molar-refractivity contribution in [1.82, 2.24) is 10.4 Å². The van der Waals surface area contributed by atoms with Crippen LogP contribution in [0.3, 0.4) is 0 Å². The first-order valence-electron chi connectivity index (χ1n) is 3.34. The first kappa shape index (κ1) is 6.05. The summed E-state index contributed by atoms with van der Waals surface area (Å²) in [6.07, 6.45) is 4.07. The second-order valence-electron chi connectivity index (χ2n) is 2.39. The van der Waals surface area contributed by atoms with E-state index < -0.39 is 0 Å². The minimum atomic E-state index is 1.16. The van der Waals surface area contributed by atoms with Crippen LogP contribution in [-0.2, 0) is 0 Å². The van der Waals surface area contributed by atoms with Gasteiger partial charge in [-0.2, -0.15) is 0 Å². The molecule has 0 saturated carbocycles. The molecule has 0 bridgehead atoms. The topological polar surface area (TPSA) is 15.3 Å². The summed E-state index contributed by atoms with van der Waals surface area (Å²) in [5.74, 6) is 0. The Morgan fingerprint density at radius 3 is 3.00 bits per heavy atom. The smallest absolute Gasteiger partial charge is 0.0127 e. The summed E-state index contributed by atoms with van der Waals surface area (Å²) in [7, 11) is 2.10. The third kappa shape index (κ3) is 1.80. The molecule has 0 aliphatic carbocycles. The van der Waals surface area contributed by atoms with Crippen LogP contribution in [0.25, 0.3) is 0 Å². The molecule has 2 nitrogen and oxygen atoms in total. The van der Waals surface area contributed by atoms with Gasteiger partial charge in [-0.3, -0.25) is 5.43 Å². The number of hydrogen-bond donors (Lipinski definition) is 1. The average Bonchev–Trinajstić information content (AvgIpc) is 1.94. The number of rotatable bonds is 0. The highest BCUT2D eigenvalue weighted by Crippen LogP contribution is 1.98. The molecule has 0 aromatic heterocycles. The number of nitrogens with zero attached hydrogens (tertiary/aromatic N) is 1. The summed E-state index contributed by atoms with van der Waals surface area (Å²) in [5.41, 5.74) is 3.28. The summed E-state index contributed by atoms with van der Waals surface area (Å²) in [6, 6.07) is 0. The van der Waals surface area contributed by atoms with E-state index in [9.17, 15) is 0 Å². The van der Waals surface area contributed by atoms with Crippen LogP contribution in [0.4, 0.5) is 0 Å². The van der Waals surface area contributed by atoms with Crippen molar-refractivity contribution < 1.29 is 0 Å². The third-order valence-corrected chi connectivity index (χ3v) is 1.55. The number of hydrazine groups is 1. The molecule has 1 heterocycles. The van der Waals surface area contributed by atoms with Crippen LogP contribution in [0, 0.1) is 0 Å². The van der Waals surface area contributed by atoms with Gasteiger partial charge >= 0.3 is 0 Å². The standard InChI is InChI=1S/C6H14N2/c1-8-6-4-2-3-5-7-8/h7H,2-6H2,1H3/i1+2. The normalized spacial score (nSPS) is 25.1. The van der Waals surface area contributed by atoms with E-state index in [0.29, 0.717) is 0 Å². The van der Waals surface area contributed by atoms with Crippen molar-refractivity contribution in [1.29, 1.82) is 0 Å². The maximum absolute atomic E-state index is 3.28. The highest BCUT2D eigenvalue weighted by atomic mass is 15.7. The van der Waals surface area contributed by atoms with Crippen molar-refractivity contribution in [3.63, 3.8) is 0 Å². The monoisotopic (exact) mass is 116 g/mol. The molecule has 1 aliphatic heterocycles. The zero-order valence-electron chi connectivity index (χ0n) is 5.48. The lowest BCUT2D eigenvalue weighted by Crippen LogP contribution is -2.33. The Hall–Kier alpha value is -0.0800. The van der Waals surface area contributed by atoms with Gasteiger partial charge in [-0.15, -0.1) is 0 Å². The summed E-state index contributed by atoms with van der Waals surface area (Å²) in [6.45, 7) is 2.37. The minimum Gasteiger partial charge on any atom is -0.255 e. The molecule has 8 heavy (non-hydrogen) atoms. The van der Waals surface area contributed by atoms with Crippen molar-refractivity contribution in [2.24, 2.45) is 0 Å². The molecule has 1 saturated heterocycles. The minimum absolute atomic E-state index is 1.16. The first-order valence-corrected chi connectivity index (χ1v) is 3.34. The Morgan fingerprint density at radius 2 is 2.12 bits per heavy atom. The fraction of sp³-hybridized carbons (Fsp3) is 1.00. The fourth-order valence-corrected chi connectivity index (χ4v) is 1.000. The van der Waals surface area contributed by atoms with Crippen LogP contribution >= 0.6 is 0 Å². The number of hydrogen-bond acceptors (Lipinski definition) is 2. The van der Waals surface area contributed by atoms with Gasteiger partial charge in [0.05, 0.1) is 0 Å². The molecule has 48 valence electrons. The Bertz CT molecular complexity index is 55.5. The van der Waals surface area contributed by atoms with E-state index in [2.05, 4.69) is 17.5 Å². The van der Waals surface area contributed by atoms with Crippen LogP contribution < -0.4 is 5.43 Å². The van der Waals surface area contributed by atoms with E-state index in [1.807, 2.05) is 0 Å². The van der Waals surface area contributed by atoms with Gasteiger partial charge in [0, 0.05) is 20.1 Å². The Labute approximate surface area is 50.8 Å². The van der Waals surface area contributed by atoms with Crippen molar-refractivity contribution in [3.05, 3.63) is 0 Å². The predicted octanol–water partition coefficient (Wildman–Crippen LogP) is 0.607. The van der Waals surface area contributed by atoms with Gasteiger partial charge in [-0.1, -0.05) is 6.42 Å². The Kier molecular flexibility index (Phi) is 2.30. The van der Waals surface area contributed by atoms with Gasteiger partial charge < -0.3 is 0 Å². The first-order chi connectivity index (χ1) is 3.89. The largest absolute Gasteiger partial charge is 0.255 e. The van der Waals surface area contributed by atoms with Crippen LogP contribution in [0.2, 0.25) is 0 Å². The van der Waals surface area contributed by atoms with Crippen LogP contribution in [-0.4, -0.2) is 25.1 Å². The lowest BCUT2D eigenvalue weighted by atomic mass is 10.2. The molecule has 0 spiro atoms. The molecular weight excluding hydrogens is 102 g/mol. The van der Waals surface area contributed by atoms with E-state index in [1.165, 1.54) is 25.8 Å². The van der Waals surface area contributed by atoms with E-state index in [0.717, 1.165) is 6.54 Å². The van der Waals surface area contributed by atoms with Gasteiger partial charge in [0.15, 0.2) is 0 Å². The van der Waals surface area contributed by atoms with E-state index in [1.54, 1.807) is 0 Å². The molecule has 1 N–H and O–H groups in total. The zero-order chi connectivity index (χ0) is 5.82. The Morgan fingerprint density at radius 1 is 1.25 bits per heavy atom. The predicted molar refractivity (Wildman–Crippen MR) is 34.5 cm³/mol. The SMILES string of the molecule is [14CH3]N1CCCCCN1. The maximum atomic E-state index is 3.28. The zero-order valence-corrected chi connectivity index (χ0v) is 5.48. The van der Waals surface area contributed by atoms with E-state index in [4.69, 9.17) is 0 Å². The van der Waals surface area contributed by atoms with Crippen molar-refractivity contribution >= 4 is 0 Å². The molecule has 1 rings (SSSR count). The Balaban J connectivity index is 2.17. The molecular formula is C6H14N2. The second kappa shape index (κ2) is 3.05. The summed E-state index contributed by atoms with van der Waals surface area (Å²) in [5, 5.41) is 2.17. The van der Waals surface area contributed by atoms with Crippen LogP contribution in [0.15, 0.2) is 0 Å². The van der Waals surface area contributed by atoms with Gasteiger partial charge in [0.25, 0.3) is 0 Å². The van der Waals surface area contributed by atoms with Crippen molar-refractivity contribution in [3.8, 4) is 0 Å². The molecule has 0 unspecified atom stereocenters. The van der Waals surface area contributed by atoms with Crippen LogP contribution in [0.1, 0.15) is 19.3 Å². The summed E-state index contributed by atoms with van der Waals surface area (Å²) >= 11 is 0. The fourth-order valence-electron chi connectivity index (χ4n) is 1.000. The van der Waals surface area contributed by atoms with Gasteiger partial charge in [-0.25, -0.2) is 5.01 Å². The van der Waals surface area contributed by atoms with Crippen molar-refractivity contribution in [2.45, 2.75) is 19.3 Å². The summed E-state index contributed by atoms with van der Waals surface area (Å²) < 4.78 is 0. The van der Waals surface area contributed by atoms with Crippen molar-refractivity contribution in [2.75, 3.05) is 20.1 Å². The molecule has 0 aromatic carbocycles. The molecule has 0 aromatic rings. The molecule has 0 atom stereocenters. The van der Waals surface area contributed by atoms with E-state index in [-0.39, 0.29) is 0 Å². The molecule has 0 radical (unpaired) electrons. The third-order valence-electron chi connectivity index (χ3n) is 1.55. The average molecular weight is 116 g/mol. The summed E-state index contributed by atoms with van der Waals surface area (Å²) in [4.78, 5) is 0. The molecule has 0 amide bonds. The quantitative estimate of drug-likeness (QED) is 0.498. The molecule has 1 fully saturated rings. The second-order valence-corrected chi connectivity index (χ2v) is 2.39. The highest BCUT2D eigenvalue weighted by molar-refractivity contribution is 4.53. The lowest BCUT2D eigenvalue weighted by molar-refractivity contribution is 0.253. The maximum Gasteiger partial charge on any atom is 0.0127 e. The molecule has 1 aliphatic rings. The van der Waals surface area contributed by atoms with Crippen LogP contribution in [0.5, 0.6) is 0 Å².